The molecule has 0 bridgehead atoms. The zero-order valence-electron chi connectivity index (χ0n) is 15.9. The van der Waals surface area contributed by atoms with Crippen molar-refractivity contribution in [2.45, 2.75) is 45.3 Å². The number of ether oxygens (including phenoxy) is 1. The van der Waals surface area contributed by atoms with Gasteiger partial charge >= 0.3 is 0 Å². The number of aliphatic imine (C=N–C) groups is 1. The fraction of sp³-hybridized carbons (Fsp3) is 0.650. The molecule has 2 fully saturated rings. The van der Waals surface area contributed by atoms with Crippen LogP contribution in [0, 0.1) is 11.7 Å². The topological polar surface area (TPSA) is 48.9 Å². The van der Waals surface area contributed by atoms with E-state index in [-0.39, 0.29) is 17.7 Å². The van der Waals surface area contributed by atoms with Gasteiger partial charge in [-0.15, -0.1) is 0 Å². The van der Waals surface area contributed by atoms with E-state index in [2.05, 4.69) is 27.4 Å². The van der Waals surface area contributed by atoms with E-state index in [4.69, 9.17) is 4.74 Å². The number of likely N-dealkylation sites (tertiary alicyclic amines) is 1. The number of benzene rings is 1. The summed E-state index contributed by atoms with van der Waals surface area (Å²) in [6.07, 6.45) is 3.82. The van der Waals surface area contributed by atoms with Gasteiger partial charge in [0, 0.05) is 25.7 Å². The van der Waals surface area contributed by atoms with Crippen LogP contribution in [0.4, 0.5) is 4.39 Å². The number of hydrogen-bond acceptors (Lipinski definition) is 3. The molecule has 1 saturated carbocycles. The fourth-order valence-corrected chi connectivity index (χ4v) is 3.40. The summed E-state index contributed by atoms with van der Waals surface area (Å²) in [5.74, 6) is 1.43. The highest BCUT2D eigenvalue weighted by atomic mass is 19.1. The van der Waals surface area contributed by atoms with Crippen molar-refractivity contribution >= 4 is 5.96 Å². The maximum absolute atomic E-state index is 13.7. The first-order chi connectivity index (χ1) is 12.7. The van der Waals surface area contributed by atoms with Crippen molar-refractivity contribution in [3.63, 3.8) is 0 Å². The predicted octanol–water partition coefficient (Wildman–Crippen LogP) is 2.63. The third kappa shape index (κ3) is 5.59. The summed E-state index contributed by atoms with van der Waals surface area (Å²) in [6, 6.07) is 7.34. The maximum atomic E-state index is 13.7. The molecule has 0 radical (unpaired) electrons. The van der Waals surface area contributed by atoms with Crippen molar-refractivity contribution in [3.05, 3.63) is 30.1 Å². The number of nitrogens with one attached hydrogen (secondary N) is 2. The van der Waals surface area contributed by atoms with Crippen LogP contribution in [0.15, 0.2) is 29.3 Å². The summed E-state index contributed by atoms with van der Waals surface area (Å²) in [4.78, 5) is 7.23. The van der Waals surface area contributed by atoms with Gasteiger partial charge in [-0.25, -0.2) is 9.38 Å². The summed E-state index contributed by atoms with van der Waals surface area (Å²) in [5, 5.41) is 6.73. The van der Waals surface area contributed by atoms with Gasteiger partial charge in [0.25, 0.3) is 0 Å². The first kappa shape index (κ1) is 19.0. The van der Waals surface area contributed by atoms with Crippen LogP contribution in [0.5, 0.6) is 5.75 Å². The third-order valence-electron chi connectivity index (χ3n) is 4.95. The Hall–Kier alpha value is -1.82. The van der Waals surface area contributed by atoms with Gasteiger partial charge in [0.05, 0.1) is 6.54 Å². The van der Waals surface area contributed by atoms with Crippen LogP contribution >= 0.6 is 0 Å². The van der Waals surface area contributed by atoms with Gasteiger partial charge in [0.1, 0.15) is 6.10 Å². The molecule has 2 unspecified atom stereocenters. The Balaban J connectivity index is 1.44. The second-order valence-electron chi connectivity index (χ2n) is 7.34. The van der Waals surface area contributed by atoms with Crippen LogP contribution in [-0.2, 0) is 0 Å². The molecule has 1 aliphatic heterocycles. The van der Waals surface area contributed by atoms with E-state index in [0.29, 0.717) is 12.5 Å². The highest BCUT2D eigenvalue weighted by Gasteiger charge is 2.34. The smallest absolute Gasteiger partial charge is 0.191 e. The lowest BCUT2D eigenvalue weighted by molar-refractivity contribution is 0.220. The van der Waals surface area contributed by atoms with Crippen LogP contribution in [0.1, 0.15) is 33.1 Å². The molecule has 1 aromatic rings. The Morgan fingerprint density at radius 2 is 2.12 bits per heavy atom. The number of para-hydroxylation sites is 1. The molecule has 1 heterocycles. The van der Waals surface area contributed by atoms with Crippen molar-refractivity contribution in [1.82, 2.24) is 15.5 Å². The normalized spacial score (nSPS) is 22.3. The molecule has 26 heavy (non-hydrogen) atoms. The highest BCUT2D eigenvalue weighted by molar-refractivity contribution is 5.79. The van der Waals surface area contributed by atoms with Crippen LogP contribution in [-0.4, -0.2) is 55.7 Å². The van der Waals surface area contributed by atoms with Crippen molar-refractivity contribution in [2.24, 2.45) is 10.9 Å². The molecular weight excluding hydrogens is 331 g/mol. The van der Waals surface area contributed by atoms with Crippen molar-refractivity contribution in [3.8, 4) is 5.75 Å². The Bertz CT molecular complexity index is 605. The third-order valence-corrected chi connectivity index (χ3v) is 4.95. The van der Waals surface area contributed by atoms with Crippen LogP contribution < -0.4 is 15.4 Å². The molecule has 2 aliphatic rings. The number of rotatable bonds is 8. The maximum Gasteiger partial charge on any atom is 0.191 e. The number of guanidine groups is 1. The van der Waals surface area contributed by atoms with E-state index in [1.807, 2.05) is 6.92 Å². The summed E-state index contributed by atoms with van der Waals surface area (Å²) in [7, 11) is 0. The molecule has 0 aromatic heterocycles. The van der Waals surface area contributed by atoms with Crippen molar-refractivity contribution in [1.29, 1.82) is 0 Å². The minimum absolute atomic E-state index is 0.195. The van der Waals surface area contributed by atoms with Crippen LogP contribution in [0.3, 0.4) is 0 Å². The highest BCUT2D eigenvalue weighted by Crippen LogP contribution is 2.31. The van der Waals surface area contributed by atoms with E-state index < -0.39 is 0 Å². The monoisotopic (exact) mass is 362 g/mol. The molecule has 2 atom stereocenters. The van der Waals surface area contributed by atoms with Gasteiger partial charge in [-0.05, 0) is 57.7 Å². The molecular formula is C20H31FN4O. The molecule has 0 spiro atoms. The Morgan fingerprint density at radius 3 is 2.85 bits per heavy atom. The predicted molar refractivity (Wildman–Crippen MR) is 103 cm³/mol. The second-order valence-corrected chi connectivity index (χ2v) is 7.34. The lowest BCUT2D eigenvalue weighted by Crippen LogP contribution is -2.41. The summed E-state index contributed by atoms with van der Waals surface area (Å²) in [6.45, 7) is 8.63. The van der Waals surface area contributed by atoms with Gasteiger partial charge in [-0.3, -0.25) is 0 Å². The Kier molecular flexibility index (Phi) is 6.72. The largest absolute Gasteiger partial charge is 0.486 e. The zero-order chi connectivity index (χ0) is 18.4. The van der Waals surface area contributed by atoms with Crippen LogP contribution in [0.25, 0.3) is 0 Å². The van der Waals surface area contributed by atoms with Gasteiger partial charge < -0.3 is 20.3 Å². The molecule has 144 valence electrons. The van der Waals surface area contributed by atoms with Gasteiger partial charge in [0.2, 0.25) is 0 Å². The van der Waals surface area contributed by atoms with Crippen molar-refractivity contribution < 1.29 is 9.13 Å². The first-order valence-electron chi connectivity index (χ1n) is 9.83. The van der Waals surface area contributed by atoms with Crippen LogP contribution in [0.2, 0.25) is 0 Å². The lowest BCUT2D eigenvalue weighted by atomic mass is 10.1. The minimum Gasteiger partial charge on any atom is -0.486 e. The summed E-state index contributed by atoms with van der Waals surface area (Å²) >= 11 is 0. The number of nitrogens with zero attached hydrogens (tertiary/aromatic N) is 2. The molecule has 5 nitrogen and oxygen atoms in total. The minimum atomic E-state index is -0.338. The lowest BCUT2D eigenvalue weighted by Gasteiger charge is -2.18. The molecule has 1 aliphatic carbocycles. The molecule has 0 amide bonds. The summed E-state index contributed by atoms with van der Waals surface area (Å²) in [5.41, 5.74) is 0. The van der Waals surface area contributed by atoms with Crippen molar-refractivity contribution in [2.75, 3.05) is 32.7 Å². The second kappa shape index (κ2) is 9.21. The SMILES string of the molecule is CCNC(=NCC(C)Oc1ccccc1F)NCC1CCN(C2CC2)C1. The van der Waals surface area contributed by atoms with E-state index in [1.54, 1.807) is 18.2 Å². The molecule has 3 rings (SSSR count). The molecule has 2 N–H and O–H groups in total. The van der Waals surface area contributed by atoms with Gasteiger partial charge in [-0.2, -0.15) is 0 Å². The van der Waals surface area contributed by atoms with E-state index >= 15 is 0 Å². The van der Waals surface area contributed by atoms with Gasteiger partial charge in [0.15, 0.2) is 17.5 Å². The zero-order valence-corrected chi connectivity index (χ0v) is 15.9. The van der Waals surface area contributed by atoms with E-state index in [9.17, 15) is 4.39 Å². The van der Waals surface area contributed by atoms with E-state index in [0.717, 1.165) is 25.1 Å². The first-order valence-corrected chi connectivity index (χ1v) is 9.83. The molecule has 1 aromatic carbocycles. The van der Waals surface area contributed by atoms with Gasteiger partial charge in [-0.1, -0.05) is 12.1 Å². The average molecular weight is 362 g/mol. The molecule has 1 saturated heterocycles. The number of halogens is 1. The number of hydrogen-bond donors (Lipinski definition) is 2. The Morgan fingerprint density at radius 1 is 1.31 bits per heavy atom. The fourth-order valence-electron chi connectivity index (χ4n) is 3.40. The standard InChI is InChI=1S/C20H31FN4O/c1-3-22-20(24-13-16-10-11-25(14-16)17-8-9-17)23-12-15(2)26-19-7-5-4-6-18(19)21/h4-7,15-17H,3,8-14H2,1-2H3,(H2,22,23,24). The average Bonchev–Trinajstić information content (AvgIpc) is 3.38. The van der Waals surface area contributed by atoms with E-state index in [1.165, 1.54) is 38.4 Å². The molecule has 6 heteroatoms. The Labute approximate surface area is 156 Å². The quantitative estimate of drug-likeness (QED) is 0.551. The summed E-state index contributed by atoms with van der Waals surface area (Å²) < 4.78 is 19.3.